The first-order chi connectivity index (χ1) is 12.8. The van der Waals surface area contributed by atoms with Crippen LogP contribution in [0.4, 0.5) is 0 Å². The van der Waals surface area contributed by atoms with Crippen LogP contribution >= 0.6 is 0 Å². The number of nitrogens with zero attached hydrogens (tertiary/aromatic N) is 6. The van der Waals surface area contributed by atoms with Gasteiger partial charge in [0.05, 0.1) is 12.1 Å². The number of amides is 1. The molecule has 0 aromatic carbocycles. The van der Waals surface area contributed by atoms with Gasteiger partial charge in [-0.3, -0.25) is 14.5 Å². The van der Waals surface area contributed by atoms with Crippen molar-refractivity contribution in [3.63, 3.8) is 0 Å². The van der Waals surface area contributed by atoms with Gasteiger partial charge in [-0.15, -0.1) is 0 Å². The van der Waals surface area contributed by atoms with Crippen LogP contribution in [-0.2, 0) is 30.7 Å². The first-order valence-electron chi connectivity index (χ1n) is 8.82. The van der Waals surface area contributed by atoms with E-state index in [4.69, 9.17) is 4.42 Å². The van der Waals surface area contributed by atoms with Gasteiger partial charge in [0.1, 0.15) is 23.6 Å². The summed E-state index contributed by atoms with van der Waals surface area (Å²) < 4.78 is 7.78. The van der Waals surface area contributed by atoms with Crippen molar-refractivity contribution in [2.24, 2.45) is 5.92 Å². The number of carbonyl (C=O) groups excluding carboxylic acids is 1. The zero-order valence-corrected chi connectivity index (χ0v) is 14.2. The van der Waals surface area contributed by atoms with Crippen LogP contribution in [0.2, 0.25) is 0 Å². The first-order valence-corrected chi connectivity index (χ1v) is 8.82. The van der Waals surface area contributed by atoms with Crippen LogP contribution in [0.5, 0.6) is 0 Å². The summed E-state index contributed by atoms with van der Waals surface area (Å²) in [6, 6.07) is 3.78. The van der Waals surface area contributed by atoms with Crippen molar-refractivity contribution >= 4 is 5.91 Å². The Morgan fingerprint density at radius 1 is 1.31 bits per heavy atom. The highest BCUT2D eigenvalue weighted by atomic mass is 16.4. The van der Waals surface area contributed by atoms with Crippen LogP contribution in [0, 0.1) is 5.92 Å². The van der Waals surface area contributed by atoms with E-state index in [0.29, 0.717) is 31.8 Å². The van der Waals surface area contributed by atoms with Crippen molar-refractivity contribution in [1.82, 2.24) is 29.6 Å². The standard InChI is InChI=1S/C18H18N6O2/c25-18(12-3-7-24-16(8-12)20-11-21-24)23-6-4-15-14(10-23)22-17(26-15)13-2-1-5-19-9-13/h1-2,5,9,11-12H,3-4,6-8,10H2. The number of oxazole rings is 1. The number of hydrogen-bond donors (Lipinski definition) is 0. The number of rotatable bonds is 2. The van der Waals surface area contributed by atoms with E-state index in [1.165, 1.54) is 0 Å². The van der Waals surface area contributed by atoms with Gasteiger partial charge in [0.25, 0.3) is 0 Å². The lowest BCUT2D eigenvalue weighted by atomic mass is 9.95. The molecule has 0 fully saturated rings. The lowest BCUT2D eigenvalue weighted by Crippen LogP contribution is -2.42. The van der Waals surface area contributed by atoms with Crippen LogP contribution in [0.3, 0.4) is 0 Å². The molecule has 1 amide bonds. The third-order valence-corrected chi connectivity index (χ3v) is 5.11. The number of pyridine rings is 1. The molecule has 1 unspecified atom stereocenters. The van der Waals surface area contributed by atoms with Gasteiger partial charge >= 0.3 is 0 Å². The molecule has 0 aliphatic carbocycles. The Bertz CT molecular complexity index is 948. The maximum atomic E-state index is 13.0. The van der Waals surface area contributed by atoms with Gasteiger partial charge in [0.2, 0.25) is 11.8 Å². The second kappa shape index (κ2) is 6.05. The van der Waals surface area contributed by atoms with Gasteiger partial charge in [-0.05, 0) is 18.6 Å². The van der Waals surface area contributed by atoms with Crippen molar-refractivity contribution in [2.75, 3.05) is 6.54 Å². The summed E-state index contributed by atoms with van der Waals surface area (Å²) in [7, 11) is 0. The molecule has 5 heterocycles. The molecule has 1 atom stereocenters. The second-order valence-corrected chi connectivity index (χ2v) is 6.73. The summed E-state index contributed by atoms with van der Waals surface area (Å²) in [5, 5.41) is 4.18. The van der Waals surface area contributed by atoms with E-state index in [9.17, 15) is 4.79 Å². The molecule has 0 radical (unpaired) electrons. The summed E-state index contributed by atoms with van der Waals surface area (Å²) in [5.74, 6) is 2.49. The molecule has 2 aliphatic heterocycles. The fourth-order valence-corrected chi connectivity index (χ4v) is 3.70. The summed E-state index contributed by atoms with van der Waals surface area (Å²) in [6.07, 6.45) is 7.16. The highest BCUT2D eigenvalue weighted by Gasteiger charge is 2.32. The largest absolute Gasteiger partial charge is 0.441 e. The Balaban J connectivity index is 1.33. The number of aromatic nitrogens is 5. The molecule has 0 spiro atoms. The Labute approximate surface area is 149 Å². The van der Waals surface area contributed by atoms with Gasteiger partial charge in [0, 0.05) is 44.2 Å². The molecule has 8 nitrogen and oxygen atoms in total. The van der Waals surface area contributed by atoms with Gasteiger partial charge in [-0.25, -0.2) is 9.97 Å². The van der Waals surface area contributed by atoms with Crippen LogP contribution < -0.4 is 0 Å². The van der Waals surface area contributed by atoms with Crippen LogP contribution in [0.1, 0.15) is 23.7 Å². The molecule has 0 bridgehead atoms. The van der Waals surface area contributed by atoms with E-state index in [1.807, 2.05) is 21.7 Å². The van der Waals surface area contributed by atoms with Gasteiger partial charge in [-0.1, -0.05) is 0 Å². The lowest BCUT2D eigenvalue weighted by molar-refractivity contribution is -0.137. The number of aryl methyl sites for hydroxylation is 1. The van der Waals surface area contributed by atoms with Crippen molar-refractivity contribution in [1.29, 1.82) is 0 Å². The number of fused-ring (bicyclic) bond motifs is 2. The van der Waals surface area contributed by atoms with E-state index in [0.717, 1.165) is 35.8 Å². The molecule has 8 heteroatoms. The zero-order valence-electron chi connectivity index (χ0n) is 14.2. The van der Waals surface area contributed by atoms with E-state index in [2.05, 4.69) is 20.1 Å². The van der Waals surface area contributed by atoms with Crippen molar-refractivity contribution < 1.29 is 9.21 Å². The predicted molar refractivity (Wildman–Crippen MR) is 90.7 cm³/mol. The molecule has 0 N–H and O–H groups in total. The van der Waals surface area contributed by atoms with E-state index in [1.54, 1.807) is 18.7 Å². The van der Waals surface area contributed by atoms with E-state index >= 15 is 0 Å². The van der Waals surface area contributed by atoms with Crippen LogP contribution in [0.15, 0.2) is 35.3 Å². The normalized spacial score (nSPS) is 19.1. The Morgan fingerprint density at radius 2 is 2.27 bits per heavy atom. The van der Waals surface area contributed by atoms with Crippen molar-refractivity contribution in [2.45, 2.75) is 32.4 Å². The molecular formula is C18H18N6O2. The Hall–Kier alpha value is -3.03. The Morgan fingerprint density at radius 3 is 3.15 bits per heavy atom. The third kappa shape index (κ3) is 2.58. The van der Waals surface area contributed by atoms with Gasteiger partial charge in [-0.2, -0.15) is 5.10 Å². The second-order valence-electron chi connectivity index (χ2n) is 6.73. The molecule has 3 aromatic heterocycles. The predicted octanol–water partition coefficient (Wildman–Crippen LogP) is 1.48. The van der Waals surface area contributed by atoms with Gasteiger partial charge < -0.3 is 9.32 Å². The molecule has 0 saturated heterocycles. The molecular weight excluding hydrogens is 332 g/mol. The molecule has 0 saturated carbocycles. The van der Waals surface area contributed by atoms with Crippen molar-refractivity contribution in [3.8, 4) is 11.5 Å². The maximum absolute atomic E-state index is 13.0. The van der Waals surface area contributed by atoms with Crippen LogP contribution in [-0.4, -0.2) is 42.1 Å². The molecule has 3 aromatic rings. The Kier molecular flexibility index (Phi) is 3.55. The first kappa shape index (κ1) is 15.2. The molecule has 2 aliphatic rings. The molecule has 5 rings (SSSR count). The highest BCUT2D eigenvalue weighted by Crippen LogP contribution is 2.28. The van der Waals surface area contributed by atoms with Gasteiger partial charge in [0.15, 0.2) is 0 Å². The topological polar surface area (TPSA) is 89.9 Å². The quantitative estimate of drug-likeness (QED) is 0.695. The lowest BCUT2D eigenvalue weighted by Gasteiger charge is -2.30. The fraction of sp³-hybridized carbons (Fsp3) is 0.389. The minimum Gasteiger partial charge on any atom is -0.441 e. The summed E-state index contributed by atoms with van der Waals surface area (Å²) in [5.41, 5.74) is 1.70. The number of carbonyl (C=O) groups is 1. The summed E-state index contributed by atoms with van der Waals surface area (Å²) in [4.78, 5) is 27.8. The van der Waals surface area contributed by atoms with E-state index < -0.39 is 0 Å². The van der Waals surface area contributed by atoms with Crippen LogP contribution in [0.25, 0.3) is 11.5 Å². The smallest absolute Gasteiger partial charge is 0.228 e. The maximum Gasteiger partial charge on any atom is 0.228 e. The average Bonchev–Trinajstić information content (AvgIpc) is 3.33. The minimum absolute atomic E-state index is 0.0297. The zero-order chi connectivity index (χ0) is 17.5. The van der Waals surface area contributed by atoms with E-state index in [-0.39, 0.29) is 11.8 Å². The number of hydrogen-bond acceptors (Lipinski definition) is 6. The minimum atomic E-state index is -0.0297. The summed E-state index contributed by atoms with van der Waals surface area (Å²) in [6.45, 7) is 1.91. The average molecular weight is 350 g/mol. The SMILES string of the molecule is O=C(C1CCn2ncnc2C1)N1CCc2oc(-c3cccnc3)nc2C1. The van der Waals surface area contributed by atoms with Crippen molar-refractivity contribution in [3.05, 3.63) is 48.1 Å². The molecule has 132 valence electrons. The summed E-state index contributed by atoms with van der Waals surface area (Å²) >= 11 is 0. The fourth-order valence-electron chi connectivity index (χ4n) is 3.70. The highest BCUT2D eigenvalue weighted by molar-refractivity contribution is 5.79. The molecule has 26 heavy (non-hydrogen) atoms. The third-order valence-electron chi connectivity index (χ3n) is 5.11. The monoisotopic (exact) mass is 350 g/mol.